The minimum atomic E-state index is -0.525. The SMILES string of the molecule is O=C1CCC2(c3cccc([N+](=O)[O-])c3)NCCN12. The molecule has 0 aliphatic carbocycles. The third-order valence-electron chi connectivity index (χ3n) is 3.75. The maximum absolute atomic E-state index is 11.8. The minimum Gasteiger partial charge on any atom is -0.319 e. The van der Waals surface area contributed by atoms with E-state index < -0.39 is 10.6 Å². The van der Waals surface area contributed by atoms with Gasteiger partial charge in [0, 0.05) is 31.6 Å². The lowest BCUT2D eigenvalue weighted by molar-refractivity contribution is -0.385. The summed E-state index contributed by atoms with van der Waals surface area (Å²) < 4.78 is 0. The van der Waals surface area contributed by atoms with E-state index in [1.165, 1.54) is 6.07 Å². The number of hydrogen-bond donors (Lipinski definition) is 1. The van der Waals surface area contributed by atoms with Crippen LogP contribution in [-0.2, 0) is 10.5 Å². The Kier molecular flexibility index (Phi) is 2.34. The first-order valence-electron chi connectivity index (χ1n) is 5.94. The van der Waals surface area contributed by atoms with Gasteiger partial charge >= 0.3 is 0 Å². The molecule has 1 atom stereocenters. The van der Waals surface area contributed by atoms with Crippen LogP contribution >= 0.6 is 0 Å². The van der Waals surface area contributed by atoms with E-state index in [0.717, 1.165) is 12.1 Å². The quantitative estimate of drug-likeness (QED) is 0.624. The van der Waals surface area contributed by atoms with Gasteiger partial charge in [-0.25, -0.2) is 0 Å². The molecule has 1 aromatic carbocycles. The van der Waals surface area contributed by atoms with Crippen molar-refractivity contribution in [2.45, 2.75) is 18.5 Å². The van der Waals surface area contributed by atoms with Crippen LogP contribution in [0.1, 0.15) is 18.4 Å². The smallest absolute Gasteiger partial charge is 0.269 e. The zero-order chi connectivity index (χ0) is 12.8. The van der Waals surface area contributed by atoms with Crippen LogP contribution in [0.5, 0.6) is 0 Å². The number of rotatable bonds is 2. The average molecular weight is 247 g/mol. The highest BCUT2D eigenvalue weighted by Crippen LogP contribution is 2.40. The van der Waals surface area contributed by atoms with Gasteiger partial charge in [0.15, 0.2) is 0 Å². The van der Waals surface area contributed by atoms with Crippen LogP contribution < -0.4 is 5.32 Å². The highest BCUT2D eigenvalue weighted by atomic mass is 16.6. The molecule has 0 radical (unpaired) electrons. The summed E-state index contributed by atoms with van der Waals surface area (Å²) in [7, 11) is 0. The number of non-ortho nitro benzene ring substituents is 1. The van der Waals surface area contributed by atoms with E-state index in [0.29, 0.717) is 19.4 Å². The van der Waals surface area contributed by atoms with Gasteiger partial charge in [0.25, 0.3) is 5.69 Å². The maximum atomic E-state index is 11.8. The van der Waals surface area contributed by atoms with E-state index in [9.17, 15) is 14.9 Å². The van der Waals surface area contributed by atoms with Crippen LogP contribution in [0.15, 0.2) is 24.3 Å². The van der Waals surface area contributed by atoms with Crippen molar-refractivity contribution in [3.05, 3.63) is 39.9 Å². The lowest BCUT2D eigenvalue weighted by Gasteiger charge is -2.32. The minimum absolute atomic E-state index is 0.0647. The third-order valence-corrected chi connectivity index (χ3v) is 3.75. The molecule has 3 rings (SSSR count). The molecular formula is C12H13N3O3. The van der Waals surface area contributed by atoms with Crippen molar-refractivity contribution in [2.24, 2.45) is 0 Å². The standard InChI is InChI=1S/C12H13N3O3/c16-11-4-5-12(13-6-7-14(11)12)9-2-1-3-10(8-9)15(17)18/h1-3,8,13H,4-7H2. The molecular weight excluding hydrogens is 234 g/mol. The maximum Gasteiger partial charge on any atom is 0.269 e. The van der Waals surface area contributed by atoms with Crippen molar-refractivity contribution in [2.75, 3.05) is 13.1 Å². The first-order chi connectivity index (χ1) is 8.63. The second-order valence-electron chi connectivity index (χ2n) is 4.64. The summed E-state index contributed by atoms with van der Waals surface area (Å²) in [4.78, 5) is 24.0. The zero-order valence-corrected chi connectivity index (χ0v) is 9.76. The van der Waals surface area contributed by atoms with Crippen LogP contribution in [0.2, 0.25) is 0 Å². The van der Waals surface area contributed by atoms with Crippen molar-refractivity contribution in [3.8, 4) is 0 Å². The van der Waals surface area contributed by atoms with Crippen LogP contribution in [0.25, 0.3) is 0 Å². The Bertz CT molecular complexity index is 531. The molecule has 2 heterocycles. The van der Waals surface area contributed by atoms with Crippen LogP contribution in [0.4, 0.5) is 5.69 Å². The number of fused-ring (bicyclic) bond motifs is 1. The average Bonchev–Trinajstić information content (AvgIpc) is 2.92. The predicted molar refractivity (Wildman–Crippen MR) is 63.7 cm³/mol. The molecule has 2 fully saturated rings. The van der Waals surface area contributed by atoms with E-state index in [-0.39, 0.29) is 11.6 Å². The summed E-state index contributed by atoms with van der Waals surface area (Å²) in [5.74, 6) is 0.117. The first kappa shape index (κ1) is 11.2. The van der Waals surface area contributed by atoms with Crippen LogP contribution in [0, 0.1) is 10.1 Å². The number of carbonyl (C=O) groups excluding carboxylic acids is 1. The number of hydrogen-bond acceptors (Lipinski definition) is 4. The second-order valence-corrected chi connectivity index (χ2v) is 4.64. The van der Waals surface area contributed by atoms with Gasteiger partial charge in [0.1, 0.15) is 5.66 Å². The summed E-state index contributed by atoms with van der Waals surface area (Å²) >= 11 is 0. The summed E-state index contributed by atoms with van der Waals surface area (Å²) in [5.41, 5.74) is 0.346. The molecule has 18 heavy (non-hydrogen) atoms. The van der Waals surface area contributed by atoms with E-state index in [4.69, 9.17) is 0 Å². The summed E-state index contributed by atoms with van der Waals surface area (Å²) in [6.07, 6.45) is 1.17. The molecule has 2 aliphatic heterocycles. The molecule has 1 unspecified atom stereocenters. The second kappa shape index (κ2) is 3.78. The molecule has 1 amide bonds. The Balaban J connectivity index is 2.06. The Morgan fingerprint density at radius 2 is 2.28 bits per heavy atom. The Morgan fingerprint density at radius 3 is 3.06 bits per heavy atom. The van der Waals surface area contributed by atoms with Crippen molar-refractivity contribution >= 4 is 11.6 Å². The normalized spacial score (nSPS) is 26.4. The van der Waals surface area contributed by atoms with Crippen LogP contribution in [-0.4, -0.2) is 28.8 Å². The zero-order valence-electron chi connectivity index (χ0n) is 9.76. The molecule has 0 bridgehead atoms. The molecule has 6 nitrogen and oxygen atoms in total. The fourth-order valence-electron chi connectivity index (χ4n) is 2.92. The van der Waals surface area contributed by atoms with Gasteiger partial charge in [-0.3, -0.25) is 20.2 Å². The molecule has 0 saturated carbocycles. The number of nitrogens with one attached hydrogen (secondary N) is 1. The largest absolute Gasteiger partial charge is 0.319 e. The fraction of sp³-hybridized carbons (Fsp3) is 0.417. The molecule has 1 N–H and O–H groups in total. The summed E-state index contributed by atoms with van der Waals surface area (Å²) in [6.45, 7) is 1.40. The first-order valence-corrected chi connectivity index (χ1v) is 5.94. The van der Waals surface area contributed by atoms with Crippen molar-refractivity contribution < 1.29 is 9.72 Å². The van der Waals surface area contributed by atoms with Crippen molar-refractivity contribution in [3.63, 3.8) is 0 Å². The summed E-state index contributed by atoms with van der Waals surface area (Å²) in [6, 6.07) is 6.54. The third kappa shape index (κ3) is 1.42. The molecule has 6 heteroatoms. The monoisotopic (exact) mass is 247 g/mol. The number of benzene rings is 1. The fourth-order valence-corrected chi connectivity index (χ4v) is 2.92. The highest BCUT2D eigenvalue weighted by molar-refractivity contribution is 5.80. The molecule has 2 aliphatic rings. The molecule has 94 valence electrons. The number of nitro groups is 1. The Morgan fingerprint density at radius 1 is 1.44 bits per heavy atom. The van der Waals surface area contributed by atoms with Gasteiger partial charge in [-0.1, -0.05) is 12.1 Å². The Hall–Kier alpha value is -1.95. The van der Waals surface area contributed by atoms with Gasteiger partial charge in [-0.2, -0.15) is 0 Å². The lowest BCUT2D eigenvalue weighted by atomic mass is 9.97. The lowest BCUT2D eigenvalue weighted by Crippen LogP contribution is -2.45. The van der Waals surface area contributed by atoms with E-state index in [1.54, 1.807) is 17.0 Å². The van der Waals surface area contributed by atoms with Gasteiger partial charge < -0.3 is 4.90 Å². The van der Waals surface area contributed by atoms with E-state index >= 15 is 0 Å². The Labute approximate surface area is 104 Å². The summed E-state index contributed by atoms with van der Waals surface area (Å²) in [5, 5.41) is 14.2. The van der Waals surface area contributed by atoms with Gasteiger partial charge in [-0.15, -0.1) is 0 Å². The number of carbonyl (C=O) groups is 1. The number of nitro benzene ring substituents is 1. The predicted octanol–water partition coefficient (Wildman–Crippen LogP) is 0.973. The van der Waals surface area contributed by atoms with Crippen LogP contribution in [0.3, 0.4) is 0 Å². The number of amides is 1. The van der Waals surface area contributed by atoms with E-state index in [1.807, 2.05) is 6.07 Å². The van der Waals surface area contributed by atoms with Gasteiger partial charge in [-0.05, 0) is 12.0 Å². The molecule has 1 aromatic rings. The highest BCUT2D eigenvalue weighted by Gasteiger charge is 2.49. The molecule has 2 saturated heterocycles. The van der Waals surface area contributed by atoms with Gasteiger partial charge in [0.05, 0.1) is 4.92 Å². The number of nitrogens with zero attached hydrogens (tertiary/aromatic N) is 2. The van der Waals surface area contributed by atoms with Gasteiger partial charge in [0.2, 0.25) is 5.91 Å². The van der Waals surface area contributed by atoms with Crippen molar-refractivity contribution in [1.29, 1.82) is 0 Å². The van der Waals surface area contributed by atoms with Crippen molar-refractivity contribution in [1.82, 2.24) is 10.2 Å². The topological polar surface area (TPSA) is 75.5 Å². The molecule has 0 aromatic heterocycles. The molecule has 0 spiro atoms. The van der Waals surface area contributed by atoms with E-state index in [2.05, 4.69) is 5.32 Å².